The molecule has 0 aromatic carbocycles. The summed E-state index contributed by atoms with van der Waals surface area (Å²) in [6.07, 6.45) is 6.71. The van der Waals surface area contributed by atoms with Crippen LogP contribution in [0.2, 0.25) is 0 Å². The van der Waals surface area contributed by atoms with Crippen molar-refractivity contribution in [2.45, 2.75) is 32.4 Å². The summed E-state index contributed by atoms with van der Waals surface area (Å²) in [4.78, 5) is 0. The Labute approximate surface area is 72.3 Å². The molecule has 0 unspecified atom stereocenters. The van der Waals surface area contributed by atoms with E-state index in [1.807, 2.05) is 10.9 Å². The number of ether oxygens (including phenoxy) is 1. The molecule has 1 aliphatic heterocycles. The third kappa shape index (κ3) is 1.67. The first-order chi connectivity index (χ1) is 5.84. The number of nitrogens with zero attached hydrogens (tertiary/aromatic N) is 2. The summed E-state index contributed by atoms with van der Waals surface area (Å²) in [5, 5.41) is 4.22. The fourth-order valence-corrected chi connectivity index (χ4v) is 1.56. The Morgan fingerprint density at radius 1 is 1.75 bits per heavy atom. The van der Waals surface area contributed by atoms with E-state index in [2.05, 4.69) is 18.2 Å². The molecular formula is C9H14N2O. The van der Waals surface area contributed by atoms with Crippen LogP contribution in [-0.4, -0.2) is 22.5 Å². The highest BCUT2D eigenvalue weighted by atomic mass is 16.5. The number of aromatic nitrogens is 2. The minimum atomic E-state index is 0.393. The Kier molecular flexibility index (Phi) is 2.13. The third-order valence-corrected chi connectivity index (χ3v) is 2.18. The number of aryl methyl sites for hydroxylation is 1. The van der Waals surface area contributed by atoms with Crippen molar-refractivity contribution in [2.24, 2.45) is 0 Å². The van der Waals surface area contributed by atoms with Gasteiger partial charge in [0.15, 0.2) is 0 Å². The number of hydrogen-bond acceptors (Lipinski definition) is 2. The molecule has 3 heteroatoms. The van der Waals surface area contributed by atoms with Gasteiger partial charge in [-0.15, -0.1) is 0 Å². The van der Waals surface area contributed by atoms with Crippen molar-refractivity contribution < 1.29 is 4.74 Å². The predicted octanol–water partition coefficient (Wildman–Crippen LogP) is 1.37. The van der Waals surface area contributed by atoms with Gasteiger partial charge in [0.1, 0.15) is 0 Å². The van der Waals surface area contributed by atoms with Crippen molar-refractivity contribution in [2.75, 3.05) is 6.61 Å². The van der Waals surface area contributed by atoms with Gasteiger partial charge in [-0.25, -0.2) is 0 Å². The Balaban J connectivity index is 1.94. The minimum Gasteiger partial charge on any atom is -0.376 e. The zero-order valence-corrected chi connectivity index (χ0v) is 7.36. The van der Waals surface area contributed by atoms with Gasteiger partial charge in [-0.3, -0.25) is 4.68 Å². The average Bonchev–Trinajstić information content (AvgIpc) is 2.63. The topological polar surface area (TPSA) is 27.1 Å². The molecule has 2 heterocycles. The van der Waals surface area contributed by atoms with Crippen molar-refractivity contribution in [3.63, 3.8) is 0 Å². The predicted molar refractivity (Wildman–Crippen MR) is 45.9 cm³/mol. The standard InChI is InChI=1S/C9H14N2O/c1-8-5-10-11(6-8)7-9-3-2-4-12-9/h5-6,9H,2-4,7H2,1H3/t9-/m1/s1. The molecule has 0 bridgehead atoms. The van der Waals surface area contributed by atoms with Gasteiger partial charge in [-0.05, 0) is 25.3 Å². The Bertz CT molecular complexity index is 251. The van der Waals surface area contributed by atoms with E-state index >= 15 is 0 Å². The van der Waals surface area contributed by atoms with E-state index in [1.165, 1.54) is 18.4 Å². The molecule has 12 heavy (non-hydrogen) atoms. The Morgan fingerprint density at radius 3 is 3.25 bits per heavy atom. The largest absolute Gasteiger partial charge is 0.376 e. The van der Waals surface area contributed by atoms with Gasteiger partial charge in [-0.2, -0.15) is 5.10 Å². The van der Waals surface area contributed by atoms with Gasteiger partial charge in [-0.1, -0.05) is 0 Å². The van der Waals surface area contributed by atoms with Crippen LogP contribution in [-0.2, 0) is 11.3 Å². The molecule has 0 amide bonds. The maximum atomic E-state index is 5.51. The van der Waals surface area contributed by atoms with Crippen molar-refractivity contribution in [1.29, 1.82) is 0 Å². The quantitative estimate of drug-likeness (QED) is 0.663. The molecule has 66 valence electrons. The molecule has 1 aliphatic rings. The highest BCUT2D eigenvalue weighted by Gasteiger charge is 2.15. The van der Waals surface area contributed by atoms with Gasteiger partial charge in [0, 0.05) is 12.8 Å². The second-order valence-corrected chi connectivity index (χ2v) is 3.37. The van der Waals surface area contributed by atoms with Gasteiger partial charge in [0.25, 0.3) is 0 Å². The van der Waals surface area contributed by atoms with E-state index < -0.39 is 0 Å². The summed E-state index contributed by atoms with van der Waals surface area (Å²) in [6, 6.07) is 0. The van der Waals surface area contributed by atoms with Crippen LogP contribution < -0.4 is 0 Å². The van der Waals surface area contributed by atoms with Crippen LogP contribution >= 0.6 is 0 Å². The molecule has 1 atom stereocenters. The molecular weight excluding hydrogens is 152 g/mol. The van der Waals surface area contributed by atoms with E-state index in [-0.39, 0.29) is 0 Å². The molecule has 1 fully saturated rings. The summed E-state index contributed by atoms with van der Waals surface area (Å²) in [5.41, 5.74) is 1.22. The third-order valence-electron chi connectivity index (χ3n) is 2.18. The second kappa shape index (κ2) is 3.27. The highest BCUT2D eigenvalue weighted by Crippen LogP contribution is 2.13. The molecule has 1 aromatic rings. The van der Waals surface area contributed by atoms with Crippen LogP contribution in [0, 0.1) is 6.92 Å². The minimum absolute atomic E-state index is 0.393. The molecule has 0 radical (unpaired) electrons. The van der Waals surface area contributed by atoms with E-state index in [1.54, 1.807) is 0 Å². The summed E-state index contributed by atoms with van der Waals surface area (Å²) in [5.74, 6) is 0. The van der Waals surface area contributed by atoms with Crippen LogP contribution in [0.5, 0.6) is 0 Å². The average molecular weight is 166 g/mol. The van der Waals surface area contributed by atoms with Gasteiger partial charge in [0.05, 0.1) is 18.8 Å². The van der Waals surface area contributed by atoms with Crippen molar-refractivity contribution in [3.8, 4) is 0 Å². The van der Waals surface area contributed by atoms with E-state index in [4.69, 9.17) is 4.74 Å². The van der Waals surface area contributed by atoms with Crippen molar-refractivity contribution in [3.05, 3.63) is 18.0 Å². The molecule has 3 nitrogen and oxygen atoms in total. The fourth-order valence-electron chi connectivity index (χ4n) is 1.56. The van der Waals surface area contributed by atoms with Crippen molar-refractivity contribution in [1.82, 2.24) is 9.78 Å². The lowest BCUT2D eigenvalue weighted by Crippen LogP contribution is -2.14. The van der Waals surface area contributed by atoms with E-state index in [0.717, 1.165) is 13.2 Å². The normalized spacial score (nSPS) is 23.2. The van der Waals surface area contributed by atoms with Gasteiger partial charge < -0.3 is 4.74 Å². The lowest BCUT2D eigenvalue weighted by Gasteiger charge is -2.08. The molecule has 1 saturated heterocycles. The maximum Gasteiger partial charge on any atom is 0.0771 e. The first-order valence-electron chi connectivity index (χ1n) is 4.45. The van der Waals surface area contributed by atoms with Crippen LogP contribution in [0.3, 0.4) is 0 Å². The lowest BCUT2D eigenvalue weighted by molar-refractivity contribution is 0.0940. The molecule has 2 rings (SSSR count). The second-order valence-electron chi connectivity index (χ2n) is 3.37. The summed E-state index contributed by atoms with van der Waals surface area (Å²) in [6.45, 7) is 3.89. The summed E-state index contributed by atoms with van der Waals surface area (Å²) >= 11 is 0. The van der Waals surface area contributed by atoms with E-state index in [0.29, 0.717) is 6.10 Å². The molecule has 1 aromatic heterocycles. The Hall–Kier alpha value is -0.830. The fraction of sp³-hybridized carbons (Fsp3) is 0.667. The van der Waals surface area contributed by atoms with Crippen LogP contribution in [0.25, 0.3) is 0 Å². The molecule has 0 saturated carbocycles. The zero-order chi connectivity index (χ0) is 8.39. The number of rotatable bonds is 2. The highest BCUT2D eigenvalue weighted by molar-refractivity contribution is 4.99. The summed E-state index contributed by atoms with van der Waals surface area (Å²) in [7, 11) is 0. The molecule has 0 N–H and O–H groups in total. The first-order valence-corrected chi connectivity index (χ1v) is 4.45. The molecule has 0 spiro atoms. The monoisotopic (exact) mass is 166 g/mol. The molecule has 0 aliphatic carbocycles. The lowest BCUT2D eigenvalue weighted by atomic mass is 10.2. The van der Waals surface area contributed by atoms with Crippen molar-refractivity contribution >= 4 is 0 Å². The maximum absolute atomic E-state index is 5.51. The van der Waals surface area contributed by atoms with Crippen LogP contribution in [0.15, 0.2) is 12.4 Å². The smallest absolute Gasteiger partial charge is 0.0771 e. The van der Waals surface area contributed by atoms with Gasteiger partial charge >= 0.3 is 0 Å². The summed E-state index contributed by atoms with van der Waals surface area (Å²) < 4.78 is 7.47. The van der Waals surface area contributed by atoms with Gasteiger partial charge in [0.2, 0.25) is 0 Å². The Morgan fingerprint density at radius 2 is 2.67 bits per heavy atom. The zero-order valence-electron chi connectivity index (χ0n) is 7.36. The number of hydrogen-bond donors (Lipinski definition) is 0. The first kappa shape index (κ1) is 7.80. The SMILES string of the molecule is Cc1cnn(C[C@H]2CCCO2)c1. The van der Waals surface area contributed by atoms with Crippen LogP contribution in [0.1, 0.15) is 18.4 Å². The van der Waals surface area contributed by atoms with Crippen LogP contribution in [0.4, 0.5) is 0 Å². The van der Waals surface area contributed by atoms with E-state index in [9.17, 15) is 0 Å².